The first-order valence-electron chi connectivity index (χ1n) is 5.46. The van der Waals surface area contributed by atoms with Gasteiger partial charge >= 0.3 is 0 Å². The minimum absolute atomic E-state index is 0.848. The molecule has 84 valence electrons. The summed E-state index contributed by atoms with van der Waals surface area (Å²) in [6.07, 6.45) is 3.72. The summed E-state index contributed by atoms with van der Waals surface area (Å²) in [6, 6.07) is 12.1. The number of nitrogens with one attached hydrogen (secondary N) is 1. The normalized spacial score (nSPS) is 10.6. The summed E-state index contributed by atoms with van der Waals surface area (Å²) in [5.41, 5.74) is 2.97. The quantitative estimate of drug-likeness (QED) is 0.727. The molecule has 3 aromatic rings. The number of para-hydroxylation sites is 1. The molecular formula is C13H12N4. The standard InChI is InChI=1S/C13H12N4/c1-10-9-12(16-15-10)13-14-7-8-17(13)11-5-3-2-4-6-11/h2-9H,1H3,(H,15,16). The summed E-state index contributed by atoms with van der Waals surface area (Å²) in [4.78, 5) is 4.36. The van der Waals surface area contributed by atoms with Gasteiger partial charge in [0.15, 0.2) is 5.82 Å². The van der Waals surface area contributed by atoms with Gasteiger partial charge < -0.3 is 0 Å². The molecular weight excluding hydrogens is 212 g/mol. The Hall–Kier alpha value is -2.36. The lowest BCUT2D eigenvalue weighted by atomic mass is 10.3. The number of aryl methyl sites for hydroxylation is 1. The van der Waals surface area contributed by atoms with Crippen molar-refractivity contribution in [2.75, 3.05) is 0 Å². The van der Waals surface area contributed by atoms with Gasteiger partial charge in [0, 0.05) is 23.8 Å². The molecule has 0 unspecified atom stereocenters. The summed E-state index contributed by atoms with van der Waals surface area (Å²) in [5.74, 6) is 0.848. The third kappa shape index (κ3) is 1.73. The minimum atomic E-state index is 0.848. The average Bonchev–Trinajstić information content (AvgIpc) is 2.98. The van der Waals surface area contributed by atoms with Crippen molar-refractivity contribution >= 4 is 0 Å². The third-order valence-electron chi connectivity index (χ3n) is 2.61. The molecule has 0 amide bonds. The Morgan fingerprint density at radius 2 is 2.00 bits per heavy atom. The number of H-pyrrole nitrogens is 1. The Morgan fingerprint density at radius 1 is 1.18 bits per heavy atom. The number of hydrogen-bond acceptors (Lipinski definition) is 2. The van der Waals surface area contributed by atoms with Crippen LogP contribution in [0.2, 0.25) is 0 Å². The maximum Gasteiger partial charge on any atom is 0.165 e. The molecule has 1 aromatic carbocycles. The van der Waals surface area contributed by atoms with Gasteiger partial charge in [0.1, 0.15) is 5.69 Å². The molecule has 0 atom stereocenters. The van der Waals surface area contributed by atoms with E-state index in [-0.39, 0.29) is 0 Å². The molecule has 0 radical (unpaired) electrons. The van der Waals surface area contributed by atoms with Crippen molar-refractivity contribution in [3.63, 3.8) is 0 Å². The first kappa shape index (κ1) is 9.84. The number of aromatic amines is 1. The largest absolute Gasteiger partial charge is 0.298 e. The van der Waals surface area contributed by atoms with E-state index in [2.05, 4.69) is 15.2 Å². The molecule has 0 spiro atoms. The van der Waals surface area contributed by atoms with E-state index < -0.39 is 0 Å². The zero-order valence-corrected chi connectivity index (χ0v) is 9.46. The van der Waals surface area contributed by atoms with Crippen LogP contribution in [0.1, 0.15) is 5.69 Å². The first-order chi connectivity index (χ1) is 8.34. The Balaban J connectivity index is 2.12. The monoisotopic (exact) mass is 224 g/mol. The number of hydrogen-bond donors (Lipinski definition) is 1. The number of rotatable bonds is 2. The minimum Gasteiger partial charge on any atom is -0.298 e. The van der Waals surface area contributed by atoms with Crippen molar-refractivity contribution < 1.29 is 0 Å². The predicted octanol–water partition coefficient (Wildman–Crippen LogP) is 2.57. The van der Waals surface area contributed by atoms with Gasteiger partial charge in [-0.2, -0.15) is 5.10 Å². The van der Waals surface area contributed by atoms with Crippen LogP contribution in [0.5, 0.6) is 0 Å². The van der Waals surface area contributed by atoms with Gasteiger partial charge in [-0.15, -0.1) is 0 Å². The summed E-state index contributed by atoms with van der Waals surface area (Å²) in [5, 5.41) is 7.17. The summed E-state index contributed by atoms with van der Waals surface area (Å²) >= 11 is 0. The second-order valence-electron chi connectivity index (χ2n) is 3.89. The fourth-order valence-electron chi connectivity index (χ4n) is 1.82. The number of imidazole rings is 1. The van der Waals surface area contributed by atoms with Gasteiger partial charge in [-0.25, -0.2) is 4.98 Å². The fourth-order valence-corrected chi connectivity index (χ4v) is 1.82. The van der Waals surface area contributed by atoms with Crippen molar-refractivity contribution in [1.82, 2.24) is 19.7 Å². The van der Waals surface area contributed by atoms with Crippen LogP contribution < -0.4 is 0 Å². The van der Waals surface area contributed by atoms with Crippen LogP contribution in [0.4, 0.5) is 0 Å². The molecule has 3 rings (SSSR count). The molecule has 0 saturated heterocycles. The van der Waals surface area contributed by atoms with E-state index >= 15 is 0 Å². The predicted molar refractivity (Wildman–Crippen MR) is 65.9 cm³/mol. The van der Waals surface area contributed by atoms with Gasteiger partial charge in [0.2, 0.25) is 0 Å². The molecule has 0 aliphatic carbocycles. The van der Waals surface area contributed by atoms with Gasteiger partial charge in [-0.3, -0.25) is 9.67 Å². The zero-order chi connectivity index (χ0) is 11.7. The molecule has 0 bridgehead atoms. The van der Waals surface area contributed by atoms with Gasteiger partial charge in [-0.1, -0.05) is 18.2 Å². The first-order valence-corrected chi connectivity index (χ1v) is 5.46. The molecule has 0 aliphatic rings. The van der Waals surface area contributed by atoms with Crippen LogP contribution >= 0.6 is 0 Å². The van der Waals surface area contributed by atoms with Gasteiger partial charge in [-0.05, 0) is 25.1 Å². The highest BCUT2D eigenvalue weighted by Gasteiger charge is 2.09. The van der Waals surface area contributed by atoms with Crippen LogP contribution in [0, 0.1) is 6.92 Å². The van der Waals surface area contributed by atoms with E-state index in [1.807, 2.05) is 54.1 Å². The van der Waals surface area contributed by atoms with E-state index in [0.717, 1.165) is 22.9 Å². The molecule has 0 aliphatic heterocycles. The molecule has 17 heavy (non-hydrogen) atoms. The lowest BCUT2D eigenvalue weighted by molar-refractivity contribution is 1.01. The maximum absolute atomic E-state index is 4.36. The van der Waals surface area contributed by atoms with Crippen molar-refractivity contribution in [2.24, 2.45) is 0 Å². The number of aromatic nitrogens is 4. The van der Waals surface area contributed by atoms with E-state index in [1.54, 1.807) is 6.20 Å². The second kappa shape index (κ2) is 3.90. The van der Waals surface area contributed by atoms with Gasteiger partial charge in [0.05, 0.1) is 0 Å². The topological polar surface area (TPSA) is 46.5 Å². The van der Waals surface area contributed by atoms with Crippen molar-refractivity contribution in [2.45, 2.75) is 6.92 Å². The third-order valence-corrected chi connectivity index (χ3v) is 2.61. The molecule has 4 heteroatoms. The van der Waals surface area contributed by atoms with E-state index in [4.69, 9.17) is 0 Å². The van der Waals surface area contributed by atoms with E-state index in [0.29, 0.717) is 0 Å². The van der Waals surface area contributed by atoms with Crippen LogP contribution in [0.3, 0.4) is 0 Å². The van der Waals surface area contributed by atoms with E-state index in [9.17, 15) is 0 Å². The summed E-state index contributed by atoms with van der Waals surface area (Å²) in [7, 11) is 0. The van der Waals surface area contributed by atoms with Crippen LogP contribution in [0.25, 0.3) is 17.2 Å². The Labute approximate surface area is 98.9 Å². The van der Waals surface area contributed by atoms with Crippen molar-refractivity contribution in [3.8, 4) is 17.2 Å². The van der Waals surface area contributed by atoms with Crippen LogP contribution in [-0.2, 0) is 0 Å². The molecule has 4 nitrogen and oxygen atoms in total. The Kier molecular flexibility index (Phi) is 2.26. The summed E-state index contributed by atoms with van der Waals surface area (Å²) < 4.78 is 2.02. The maximum atomic E-state index is 4.36. The molecule has 1 N–H and O–H groups in total. The van der Waals surface area contributed by atoms with Gasteiger partial charge in [0.25, 0.3) is 0 Å². The average molecular weight is 224 g/mol. The second-order valence-corrected chi connectivity index (χ2v) is 3.89. The van der Waals surface area contributed by atoms with E-state index in [1.165, 1.54) is 0 Å². The Bertz CT molecular complexity index is 622. The molecule has 0 fully saturated rings. The molecule has 0 saturated carbocycles. The number of nitrogens with zero attached hydrogens (tertiary/aromatic N) is 3. The molecule has 2 aromatic heterocycles. The number of benzene rings is 1. The SMILES string of the molecule is Cc1cc(-c2nccn2-c2ccccc2)n[nH]1. The van der Waals surface area contributed by atoms with Crippen LogP contribution in [-0.4, -0.2) is 19.7 Å². The van der Waals surface area contributed by atoms with Crippen molar-refractivity contribution in [3.05, 3.63) is 54.5 Å². The lowest BCUT2D eigenvalue weighted by Crippen LogP contribution is -1.95. The highest BCUT2D eigenvalue weighted by molar-refractivity contribution is 5.54. The van der Waals surface area contributed by atoms with Crippen LogP contribution in [0.15, 0.2) is 48.8 Å². The highest BCUT2D eigenvalue weighted by atomic mass is 15.2. The lowest BCUT2D eigenvalue weighted by Gasteiger charge is -2.05. The zero-order valence-electron chi connectivity index (χ0n) is 9.46. The smallest absolute Gasteiger partial charge is 0.165 e. The fraction of sp³-hybridized carbons (Fsp3) is 0.0769. The highest BCUT2D eigenvalue weighted by Crippen LogP contribution is 2.19. The Morgan fingerprint density at radius 3 is 2.71 bits per heavy atom. The van der Waals surface area contributed by atoms with Crippen molar-refractivity contribution in [1.29, 1.82) is 0 Å². The summed E-state index contributed by atoms with van der Waals surface area (Å²) in [6.45, 7) is 1.98. The molecule has 2 heterocycles.